The predicted molar refractivity (Wildman–Crippen MR) is 83.4 cm³/mol. The van der Waals surface area contributed by atoms with Crippen molar-refractivity contribution in [1.29, 1.82) is 5.26 Å². The lowest BCUT2D eigenvalue weighted by molar-refractivity contribution is 0.442. The molecule has 4 nitrogen and oxygen atoms in total. The summed E-state index contributed by atoms with van der Waals surface area (Å²) in [6.45, 7) is 2.05. The third-order valence-corrected chi connectivity index (χ3v) is 3.21. The normalized spacial score (nSPS) is 10.0. The average Bonchev–Trinajstić information content (AvgIpc) is 2.57. The highest BCUT2D eigenvalue weighted by atomic mass is 16.5. The van der Waals surface area contributed by atoms with Crippen LogP contribution in [0.15, 0.2) is 60.9 Å². The van der Waals surface area contributed by atoms with Crippen molar-refractivity contribution in [2.24, 2.45) is 0 Å². The van der Waals surface area contributed by atoms with Crippen molar-refractivity contribution in [1.82, 2.24) is 9.97 Å². The first kappa shape index (κ1) is 13.8. The molecule has 0 amide bonds. The third-order valence-electron chi connectivity index (χ3n) is 3.21. The largest absolute Gasteiger partial charge is 0.424 e. The molecule has 0 spiro atoms. The van der Waals surface area contributed by atoms with E-state index < -0.39 is 0 Å². The molecule has 1 aromatic heterocycles. The van der Waals surface area contributed by atoms with E-state index in [9.17, 15) is 0 Å². The molecule has 0 aliphatic rings. The van der Waals surface area contributed by atoms with E-state index in [2.05, 4.69) is 35.1 Å². The van der Waals surface area contributed by atoms with Gasteiger partial charge in [0.2, 0.25) is 0 Å². The van der Waals surface area contributed by atoms with Crippen LogP contribution >= 0.6 is 0 Å². The molecule has 0 aliphatic carbocycles. The number of nitrogens with zero attached hydrogens (tertiary/aromatic N) is 3. The number of aromatic nitrogens is 2. The molecule has 0 aliphatic heterocycles. The monoisotopic (exact) mass is 287 g/mol. The van der Waals surface area contributed by atoms with E-state index in [4.69, 9.17) is 10.00 Å². The molecule has 0 bridgehead atoms. The molecule has 3 aromatic rings. The summed E-state index contributed by atoms with van der Waals surface area (Å²) >= 11 is 0. The van der Waals surface area contributed by atoms with Crippen LogP contribution < -0.4 is 4.74 Å². The van der Waals surface area contributed by atoms with Gasteiger partial charge >= 0.3 is 6.01 Å². The second-order valence-corrected chi connectivity index (χ2v) is 4.86. The van der Waals surface area contributed by atoms with Crippen LogP contribution in [0.5, 0.6) is 11.8 Å². The molecule has 4 heteroatoms. The molecule has 0 N–H and O–H groups in total. The Morgan fingerprint density at radius 2 is 1.50 bits per heavy atom. The Kier molecular flexibility index (Phi) is 3.80. The third kappa shape index (κ3) is 3.10. The van der Waals surface area contributed by atoms with Gasteiger partial charge in [-0.1, -0.05) is 29.8 Å². The standard InChI is InChI=1S/C18H13N3O/c1-13-2-6-15(7-3-13)16-11-20-18(21-12-16)22-17-8-4-14(10-19)5-9-17/h2-9,11-12H,1H3. The zero-order chi connectivity index (χ0) is 15.4. The minimum Gasteiger partial charge on any atom is -0.424 e. The Labute approximate surface area is 128 Å². The molecule has 0 atom stereocenters. The van der Waals surface area contributed by atoms with E-state index in [-0.39, 0.29) is 6.01 Å². The minimum absolute atomic E-state index is 0.278. The smallest absolute Gasteiger partial charge is 0.321 e. The molecule has 0 unspecified atom stereocenters. The van der Waals surface area contributed by atoms with E-state index in [1.165, 1.54) is 5.56 Å². The van der Waals surface area contributed by atoms with Gasteiger partial charge in [-0.05, 0) is 36.8 Å². The molecule has 1 heterocycles. The zero-order valence-electron chi connectivity index (χ0n) is 12.0. The summed E-state index contributed by atoms with van der Waals surface area (Å²) < 4.78 is 5.56. The minimum atomic E-state index is 0.278. The van der Waals surface area contributed by atoms with Gasteiger partial charge in [-0.2, -0.15) is 5.26 Å². The summed E-state index contributed by atoms with van der Waals surface area (Å²) in [6, 6.07) is 17.3. The molecule has 0 fully saturated rings. The number of hydrogen-bond donors (Lipinski definition) is 0. The van der Waals surface area contributed by atoms with Gasteiger partial charge in [0.05, 0.1) is 11.6 Å². The molecule has 3 rings (SSSR count). The van der Waals surface area contributed by atoms with E-state index >= 15 is 0 Å². The van der Waals surface area contributed by atoms with Gasteiger partial charge in [0.15, 0.2) is 0 Å². The van der Waals surface area contributed by atoms with Crippen LogP contribution in [0.2, 0.25) is 0 Å². The Balaban J connectivity index is 1.76. The van der Waals surface area contributed by atoms with Gasteiger partial charge < -0.3 is 4.74 Å². The molecule has 0 saturated carbocycles. The van der Waals surface area contributed by atoms with Crippen molar-refractivity contribution in [3.8, 4) is 29.0 Å². The number of hydrogen-bond acceptors (Lipinski definition) is 4. The van der Waals surface area contributed by atoms with Crippen LogP contribution in [0, 0.1) is 18.3 Å². The summed E-state index contributed by atoms with van der Waals surface area (Å²) in [5.41, 5.74) is 3.80. The first-order valence-electron chi connectivity index (χ1n) is 6.82. The lowest BCUT2D eigenvalue weighted by Gasteiger charge is -2.05. The predicted octanol–water partition coefficient (Wildman–Crippen LogP) is 4.12. The van der Waals surface area contributed by atoms with Crippen LogP contribution in [0.1, 0.15) is 11.1 Å². The van der Waals surface area contributed by atoms with Gasteiger partial charge in [0.25, 0.3) is 0 Å². The second-order valence-electron chi connectivity index (χ2n) is 4.86. The van der Waals surface area contributed by atoms with Gasteiger partial charge in [-0.3, -0.25) is 0 Å². The van der Waals surface area contributed by atoms with Crippen molar-refractivity contribution in [2.45, 2.75) is 6.92 Å². The summed E-state index contributed by atoms with van der Waals surface area (Å²) in [6.07, 6.45) is 3.47. The quantitative estimate of drug-likeness (QED) is 0.727. The van der Waals surface area contributed by atoms with Crippen molar-refractivity contribution in [2.75, 3.05) is 0 Å². The lowest BCUT2D eigenvalue weighted by atomic mass is 10.1. The first-order valence-corrected chi connectivity index (χ1v) is 6.82. The second kappa shape index (κ2) is 6.06. The van der Waals surface area contributed by atoms with Gasteiger partial charge in [-0.25, -0.2) is 9.97 Å². The van der Waals surface area contributed by atoms with E-state index in [0.717, 1.165) is 11.1 Å². The number of aryl methyl sites for hydroxylation is 1. The van der Waals surface area contributed by atoms with Crippen LogP contribution in [0.3, 0.4) is 0 Å². The average molecular weight is 287 g/mol. The highest BCUT2D eigenvalue weighted by Crippen LogP contribution is 2.21. The summed E-state index contributed by atoms with van der Waals surface area (Å²) in [7, 11) is 0. The SMILES string of the molecule is Cc1ccc(-c2cnc(Oc3ccc(C#N)cc3)nc2)cc1. The van der Waals surface area contributed by atoms with Crippen molar-refractivity contribution in [3.05, 3.63) is 72.1 Å². The number of nitriles is 1. The number of benzene rings is 2. The van der Waals surface area contributed by atoms with E-state index in [1.54, 1.807) is 36.7 Å². The molecule has 0 radical (unpaired) electrons. The fraction of sp³-hybridized carbons (Fsp3) is 0.0556. The van der Waals surface area contributed by atoms with E-state index in [1.807, 2.05) is 12.1 Å². The Morgan fingerprint density at radius 3 is 2.09 bits per heavy atom. The van der Waals surface area contributed by atoms with Crippen molar-refractivity contribution >= 4 is 0 Å². The van der Waals surface area contributed by atoms with E-state index in [0.29, 0.717) is 11.3 Å². The fourth-order valence-electron chi connectivity index (χ4n) is 1.97. The molecule has 2 aromatic carbocycles. The molecular weight excluding hydrogens is 274 g/mol. The topological polar surface area (TPSA) is 58.8 Å². The van der Waals surface area contributed by atoms with Crippen LogP contribution in [0.25, 0.3) is 11.1 Å². The molecule has 22 heavy (non-hydrogen) atoms. The maximum Gasteiger partial charge on any atom is 0.321 e. The Hall–Kier alpha value is -3.19. The highest BCUT2D eigenvalue weighted by molar-refractivity contribution is 5.61. The maximum absolute atomic E-state index is 8.76. The maximum atomic E-state index is 8.76. The van der Waals surface area contributed by atoms with Crippen LogP contribution in [-0.4, -0.2) is 9.97 Å². The molecular formula is C18H13N3O. The Bertz CT molecular complexity index is 801. The van der Waals surface area contributed by atoms with Crippen LogP contribution in [-0.2, 0) is 0 Å². The highest BCUT2D eigenvalue weighted by Gasteiger charge is 2.03. The zero-order valence-corrected chi connectivity index (χ0v) is 12.0. The first-order chi connectivity index (χ1) is 10.7. The van der Waals surface area contributed by atoms with Gasteiger partial charge in [-0.15, -0.1) is 0 Å². The Morgan fingerprint density at radius 1 is 0.864 bits per heavy atom. The summed E-state index contributed by atoms with van der Waals surface area (Å²) in [4.78, 5) is 8.43. The number of rotatable bonds is 3. The lowest BCUT2D eigenvalue weighted by Crippen LogP contribution is -1.92. The van der Waals surface area contributed by atoms with Gasteiger partial charge in [0, 0.05) is 18.0 Å². The van der Waals surface area contributed by atoms with Crippen molar-refractivity contribution < 1.29 is 4.74 Å². The van der Waals surface area contributed by atoms with Crippen LogP contribution in [0.4, 0.5) is 0 Å². The van der Waals surface area contributed by atoms with Crippen molar-refractivity contribution in [3.63, 3.8) is 0 Å². The molecule has 0 saturated heterocycles. The summed E-state index contributed by atoms with van der Waals surface area (Å²) in [5, 5.41) is 8.76. The van der Waals surface area contributed by atoms with Gasteiger partial charge in [0.1, 0.15) is 5.75 Å². The summed E-state index contributed by atoms with van der Waals surface area (Å²) in [5.74, 6) is 0.599. The number of ether oxygens (including phenoxy) is 1. The fourth-order valence-corrected chi connectivity index (χ4v) is 1.97. The molecule has 106 valence electrons.